The van der Waals surface area contributed by atoms with Gasteiger partial charge in [0.1, 0.15) is 0 Å². The Bertz CT molecular complexity index is 279. The van der Waals surface area contributed by atoms with Crippen LogP contribution < -0.4 is 5.73 Å². The molecule has 0 aromatic rings. The third-order valence-electron chi connectivity index (χ3n) is 5.67. The summed E-state index contributed by atoms with van der Waals surface area (Å²) in [6.07, 6.45) is 9.44. The lowest BCUT2D eigenvalue weighted by molar-refractivity contribution is -0.0327. The summed E-state index contributed by atoms with van der Waals surface area (Å²) in [6, 6.07) is 3.65. The van der Waals surface area contributed by atoms with Crippen LogP contribution >= 0.6 is 0 Å². The Hall–Kier alpha value is -0.120. The molecular weight excluding hydrogens is 222 g/mol. The molecule has 3 rings (SSSR count). The van der Waals surface area contributed by atoms with Crippen LogP contribution in [0.25, 0.3) is 0 Å². The second kappa shape index (κ2) is 5.10. The lowest BCUT2D eigenvalue weighted by atomic mass is 9.79. The summed E-state index contributed by atoms with van der Waals surface area (Å²) >= 11 is 0. The lowest BCUT2D eigenvalue weighted by Gasteiger charge is -2.54. The first-order chi connectivity index (χ1) is 8.65. The average Bonchev–Trinajstić information content (AvgIpc) is 2.32. The summed E-state index contributed by atoms with van der Waals surface area (Å²) in [6.45, 7) is 3.66. The summed E-state index contributed by atoms with van der Waals surface area (Å²) in [4.78, 5) is 5.42. The SMILES string of the molecule is CC1CC(N2C3CCCC2CC(N)C3)CCN1C. The van der Waals surface area contributed by atoms with Crippen molar-refractivity contribution in [3.63, 3.8) is 0 Å². The highest BCUT2D eigenvalue weighted by Crippen LogP contribution is 2.37. The molecule has 4 unspecified atom stereocenters. The first kappa shape index (κ1) is 12.9. The van der Waals surface area contributed by atoms with Crippen molar-refractivity contribution in [2.24, 2.45) is 5.73 Å². The van der Waals surface area contributed by atoms with Crippen molar-refractivity contribution in [1.29, 1.82) is 0 Å². The van der Waals surface area contributed by atoms with Crippen molar-refractivity contribution in [1.82, 2.24) is 9.80 Å². The van der Waals surface area contributed by atoms with Gasteiger partial charge in [0.15, 0.2) is 0 Å². The van der Waals surface area contributed by atoms with Crippen LogP contribution in [0.1, 0.15) is 51.9 Å². The van der Waals surface area contributed by atoms with E-state index < -0.39 is 0 Å². The molecule has 0 aromatic carbocycles. The second-order valence-electron chi connectivity index (χ2n) is 6.93. The molecule has 0 radical (unpaired) electrons. The molecule has 18 heavy (non-hydrogen) atoms. The van der Waals surface area contributed by atoms with Crippen LogP contribution in [0.2, 0.25) is 0 Å². The van der Waals surface area contributed by atoms with E-state index in [0.29, 0.717) is 6.04 Å². The molecule has 3 heteroatoms. The largest absolute Gasteiger partial charge is 0.328 e. The quantitative estimate of drug-likeness (QED) is 0.771. The Morgan fingerprint density at radius 3 is 2.17 bits per heavy atom. The minimum Gasteiger partial charge on any atom is -0.328 e. The predicted octanol–water partition coefficient (Wildman–Crippen LogP) is 1.81. The molecule has 4 atom stereocenters. The first-order valence-corrected chi connectivity index (χ1v) is 7.88. The van der Waals surface area contributed by atoms with E-state index in [0.717, 1.165) is 24.2 Å². The molecule has 3 saturated heterocycles. The Balaban J connectivity index is 1.71. The van der Waals surface area contributed by atoms with Crippen LogP contribution in [0.4, 0.5) is 0 Å². The van der Waals surface area contributed by atoms with Gasteiger partial charge in [-0.05, 0) is 59.0 Å². The van der Waals surface area contributed by atoms with E-state index in [9.17, 15) is 0 Å². The minimum atomic E-state index is 0.472. The highest BCUT2D eigenvalue weighted by atomic mass is 15.3. The van der Waals surface area contributed by atoms with E-state index >= 15 is 0 Å². The summed E-state index contributed by atoms with van der Waals surface area (Å²) in [5.74, 6) is 0. The predicted molar refractivity (Wildman–Crippen MR) is 75.6 cm³/mol. The number of nitrogens with two attached hydrogens (primary N) is 1. The Kier molecular flexibility index (Phi) is 3.65. The van der Waals surface area contributed by atoms with Crippen LogP contribution in [0, 0.1) is 0 Å². The molecule has 3 aliphatic rings. The fourth-order valence-electron chi connectivity index (χ4n) is 4.59. The maximum atomic E-state index is 6.23. The van der Waals surface area contributed by atoms with Gasteiger partial charge in [-0.15, -0.1) is 0 Å². The monoisotopic (exact) mass is 251 g/mol. The molecule has 0 amide bonds. The maximum Gasteiger partial charge on any atom is 0.0128 e. The molecule has 3 fully saturated rings. The lowest BCUT2D eigenvalue weighted by Crippen LogP contribution is -2.61. The van der Waals surface area contributed by atoms with Crippen molar-refractivity contribution >= 4 is 0 Å². The zero-order chi connectivity index (χ0) is 12.7. The van der Waals surface area contributed by atoms with Gasteiger partial charge in [-0.2, -0.15) is 0 Å². The van der Waals surface area contributed by atoms with E-state index in [1.165, 1.54) is 51.5 Å². The molecule has 0 saturated carbocycles. The normalized spacial score (nSPS) is 47.2. The van der Waals surface area contributed by atoms with E-state index in [-0.39, 0.29) is 0 Å². The van der Waals surface area contributed by atoms with E-state index in [2.05, 4.69) is 23.8 Å². The van der Waals surface area contributed by atoms with Crippen molar-refractivity contribution in [2.45, 2.75) is 82.1 Å². The molecule has 0 aliphatic carbocycles. The summed E-state index contributed by atoms with van der Waals surface area (Å²) in [5.41, 5.74) is 6.23. The highest BCUT2D eigenvalue weighted by molar-refractivity contribution is 4.98. The standard InChI is InChI=1S/C15H29N3/c1-11-8-15(6-7-17(11)2)18-13-4-3-5-14(18)10-12(16)9-13/h11-15H,3-10,16H2,1-2H3. The van der Waals surface area contributed by atoms with E-state index in [4.69, 9.17) is 5.73 Å². The van der Waals surface area contributed by atoms with Gasteiger partial charge in [0.05, 0.1) is 0 Å². The maximum absolute atomic E-state index is 6.23. The summed E-state index contributed by atoms with van der Waals surface area (Å²) in [7, 11) is 2.27. The Morgan fingerprint density at radius 1 is 0.944 bits per heavy atom. The van der Waals surface area contributed by atoms with Crippen LogP contribution in [0.5, 0.6) is 0 Å². The number of likely N-dealkylation sites (tertiary alicyclic amines) is 1. The minimum absolute atomic E-state index is 0.472. The zero-order valence-corrected chi connectivity index (χ0v) is 12.0. The van der Waals surface area contributed by atoms with Gasteiger partial charge in [-0.3, -0.25) is 4.90 Å². The summed E-state index contributed by atoms with van der Waals surface area (Å²) < 4.78 is 0. The molecule has 3 heterocycles. The average molecular weight is 251 g/mol. The molecule has 104 valence electrons. The Morgan fingerprint density at radius 2 is 1.56 bits per heavy atom. The fraction of sp³-hybridized carbons (Fsp3) is 1.00. The van der Waals surface area contributed by atoms with E-state index in [1.807, 2.05) is 0 Å². The first-order valence-electron chi connectivity index (χ1n) is 7.88. The van der Waals surface area contributed by atoms with E-state index in [1.54, 1.807) is 0 Å². The van der Waals surface area contributed by atoms with Crippen molar-refractivity contribution < 1.29 is 0 Å². The third kappa shape index (κ3) is 2.33. The van der Waals surface area contributed by atoms with Gasteiger partial charge < -0.3 is 10.6 Å². The summed E-state index contributed by atoms with van der Waals surface area (Å²) in [5, 5.41) is 0. The third-order valence-corrected chi connectivity index (χ3v) is 5.67. The Labute approximate surface area is 112 Å². The van der Waals surface area contributed by atoms with Crippen molar-refractivity contribution in [3.05, 3.63) is 0 Å². The van der Waals surface area contributed by atoms with Crippen LogP contribution in [-0.2, 0) is 0 Å². The number of hydrogen-bond donors (Lipinski definition) is 1. The van der Waals surface area contributed by atoms with Gasteiger partial charge >= 0.3 is 0 Å². The molecule has 3 aliphatic heterocycles. The fourth-order valence-corrected chi connectivity index (χ4v) is 4.59. The number of nitrogens with zero attached hydrogens (tertiary/aromatic N) is 2. The molecule has 2 N–H and O–H groups in total. The molecular formula is C15H29N3. The topological polar surface area (TPSA) is 32.5 Å². The van der Waals surface area contributed by atoms with Crippen molar-refractivity contribution in [2.75, 3.05) is 13.6 Å². The molecule has 0 aromatic heterocycles. The van der Waals surface area contributed by atoms with Gasteiger partial charge in [0.25, 0.3) is 0 Å². The highest BCUT2D eigenvalue weighted by Gasteiger charge is 2.41. The number of piperidine rings is 3. The van der Waals surface area contributed by atoms with Gasteiger partial charge in [-0.1, -0.05) is 6.42 Å². The van der Waals surface area contributed by atoms with Gasteiger partial charge in [-0.25, -0.2) is 0 Å². The van der Waals surface area contributed by atoms with Gasteiger partial charge in [0, 0.05) is 30.2 Å². The van der Waals surface area contributed by atoms with Crippen LogP contribution in [0.15, 0.2) is 0 Å². The zero-order valence-electron chi connectivity index (χ0n) is 12.0. The molecule has 0 spiro atoms. The van der Waals surface area contributed by atoms with Gasteiger partial charge in [0.2, 0.25) is 0 Å². The number of rotatable bonds is 1. The van der Waals surface area contributed by atoms with Crippen LogP contribution in [0.3, 0.4) is 0 Å². The second-order valence-corrected chi connectivity index (χ2v) is 6.93. The van der Waals surface area contributed by atoms with Crippen LogP contribution in [-0.4, -0.2) is 53.6 Å². The molecule has 3 nitrogen and oxygen atoms in total. The van der Waals surface area contributed by atoms with Crippen molar-refractivity contribution in [3.8, 4) is 0 Å². The number of hydrogen-bond acceptors (Lipinski definition) is 3. The number of fused-ring (bicyclic) bond motifs is 2. The molecule has 2 bridgehead atoms. The smallest absolute Gasteiger partial charge is 0.0128 e.